The van der Waals surface area contributed by atoms with Crippen molar-refractivity contribution in [1.82, 2.24) is 0 Å². The Balaban J connectivity index is 2.52. The highest BCUT2D eigenvalue weighted by atomic mass is 79.9. The molecule has 6 heteroatoms. The fourth-order valence-electron chi connectivity index (χ4n) is 1.83. The van der Waals surface area contributed by atoms with E-state index < -0.39 is 17.4 Å². The second kappa shape index (κ2) is 6.22. The number of hydrogen-bond acceptors (Lipinski definition) is 3. The molecule has 110 valence electrons. The van der Waals surface area contributed by atoms with Crippen molar-refractivity contribution in [3.63, 3.8) is 0 Å². The summed E-state index contributed by atoms with van der Waals surface area (Å²) in [5, 5.41) is 0. The zero-order valence-corrected chi connectivity index (χ0v) is 12.8. The lowest BCUT2D eigenvalue weighted by Gasteiger charge is -2.10. The van der Waals surface area contributed by atoms with E-state index in [1.54, 1.807) is 0 Å². The molecular weight excluding hydrogens is 346 g/mol. The number of hydrogen-bond donors (Lipinski definition) is 0. The van der Waals surface area contributed by atoms with Gasteiger partial charge in [-0.2, -0.15) is 0 Å². The molecule has 0 atom stereocenters. The van der Waals surface area contributed by atoms with Crippen molar-refractivity contribution < 1.29 is 23.0 Å². The van der Waals surface area contributed by atoms with Crippen LogP contribution in [0.2, 0.25) is 0 Å². The number of methoxy groups -OCH3 is 2. The fourth-order valence-corrected chi connectivity index (χ4v) is 2.17. The van der Waals surface area contributed by atoms with E-state index in [-0.39, 0.29) is 27.1 Å². The zero-order valence-electron chi connectivity index (χ0n) is 11.2. The second-order valence-electron chi connectivity index (χ2n) is 4.15. The molecule has 0 aliphatic carbocycles. The van der Waals surface area contributed by atoms with E-state index in [0.717, 1.165) is 12.1 Å². The molecule has 0 radical (unpaired) electrons. The largest absolute Gasteiger partial charge is 0.496 e. The zero-order chi connectivity index (χ0) is 15.6. The smallest absolute Gasteiger partial charge is 0.196 e. The van der Waals surface area contributed by atoms with Crippen molar-refractivity contribution in [3.05, 3.63) is 57.6 Å². The number of ketones is 1. The highest BCUT2D eigenvalue weighted by Gasteiger charge is 2.18. The number of halogens is 3. The van der Waals surface area contributed by atoms with Gasteiger partial charge in [-0.15, -0.1) is 0 Å². The highest BCUT2D eigenvalue weighted by Crippen LogP contribution is 2.29. The summed E-state index contributed by atoms with van der Waals surface area (Å²) < 4.78 is 36.9. The van der Waals surface area contributed by atoms with E-state index >= 15 is 0 Å². The van der Waals surface area contributed by atoms with Gasteiger partial charge in [0.1, 0.15) is 11.6 Å². The number of ether oxygens (including phenoxy) is 2. The van der Waals surface area contributed by atoms with Gasteiger partial charge in [0.15, 0.2) is 17.3 Å². The molecule has 0 amide bonds. The van der Waals surface area contributed by atoms with Crippen molar-refractivity contribution >= 4 is 21.7 Å². The summed E-state index contributed by atoms with van der Waals surface area (Å²) in [6.45, 7) is 0. The quantitative estimate of drug-likeness (QED) is 0.777. The van der Waals surface area contributed by atoms with Crippen LogP contribution in [-0.2, 0) is 0 Å². The van der Waals surface area contributed by atoms with Crippen LogP contribution in [0.15, 0.2) is 34.8 Å². The first-order chi connectivity index (χ1) is 9.97. The minimum atomic E-state index is -0.568. The first-order valence-electron chi connectivity index (χ1n) is 5.89. The minimum Gasteiger partial charge on any atom is -0.496 e. The van der Waals surface area contributed by atoms with E-state index in [2.05, 4.69) is 15.9 Å². The van der Waals surface area contributed by atoms with E-state index in [1.165, 1.54) is 32.4 Å². The topological polar surface area (TPSA) is 35.5 Å². The minimum absolute atomic E-state index is 0.0407. The van der Waals surface area contributed by atoms with Crippen LogP contribution in [0, 0.1) is 11.6 Å². The van der Waals surface area contributed by atoms with Crippen molar-refractivity contribution in [2.45, 2.75) is 0 Å². The SMILES string of the molecule is COc1cc(C(=O)c2cc(Br)c(F)cc2OC)ccc1F. The van der Waals surface area contributed by atoms with Crippen LogP contribution >= 0.6 is 15.9 Å². The first-order valence-corrected chi connectivity index (χ1v) is 6.68. The maximum Gasteiger partial charge on any atom is 0.196 e. The van der Waals surface area contributed by atoms with Crippen LogP contribution in [0.25, 0.3) is 0 Å². The summed E-state index contributed by atoms with van der Waals surface area (Å²) in [6, 6.07) is 6.19. The summed E-state index contributed by atoms with van der Waals surface area (Å²) in [5.41, 5.74) is 0.379. The molecule has 0 heterocycles. The van der Waals surface area contributed by atoms with Gasteiger partial charge in [0.2, 0.25) is 0 Å². The molecule has 0 saturated carbocycles. The van der Waals surface area contributed by atoms with Crippen LogP contribution in [0.1, 0.15) is 15.9 Å². The molecule has 2 aromatic rings. The average molecular weight is 357 g/mol. The van der Waals surface area contributed by atoms with Gasteiger partial charge in [-0.25, -0.2) is 8.78 Å². The molecule has 2 aromatic carbocycles. The lowest BCUT2D eigenvalue weighted by atomic mass is 10.0. The van der Waals surface area contributed by atoms with Crippen LogP contribution in [0.3, 0.4) is 0 Å². The second-order valence-corrected chi connectivity index (χ2v) is 5.00. The molecule has 0 saturated heterocycles. The molecule has 0 fully saturated rings. The van der Waals surface area contributed by atoms with Crippen LogP contribution in [0.5, 0.6) is 11.5 Å². The Morgan fingerprint density at radius 3 is 2.29 bits per heavy atom. The van der Waals surface area contributed by atoms with E-state index in [0.29, 0.717) is 0 Å². The van der Waals surface area contributed by atoms with Gasteiger partial charge >= 0.3 is 0 Å². The predicted molar refractivity (Wildman–Crippen MR) is 77.0 cm³/mol. The van der Waals surface area contributed by atoms with Gasteiger partial charge in [0.25, 0.3) is 0 Å². The summed E-state index contributed by atoms with van der Waals surface area (Å²) in [6.07, 6.45) is 0. The molecule has 0 bridgehead atoms. The maximum absolute atomic E-state index is 13.5. The van der Waals surface area contributed by atoms with Crippen LogP contribution < -0.4 is 9.47 Å². The van der Waals surface area contributed by atoms with Crippen LogP contribution in [-0.4, -0.2) is 20.0 Å². The summed E-state index contributed by atoms with van der Waals surface area (Å²) >= 11 is 3.02. The maximum atomic E-state index is 13.5. The Bertz CT molecular complexity index is 702. The third-order valence-corrected chi connectivity index (χ3v) is 3.51. The molecule has 0 N–H and O–H groups in total. The Hall–Kier alpha value is -1.95. The Morgan fingerprint density at radius 1 is 1.00 bits per heavy atom. The molecule has 0 aliphatic heterocycles. The van der Waals surface area contributed by atoms with Crippen molar-refractivity contribution in [1.29, 1.82) is 0 Å². The fraction of sp³-hybridized carbons (Fsp3) is 0.133. The van der Waals surface area contributed by atoms with E-state index in [9.17, 15) is 13.6 Å². The van der Waals surface area contributed by atoms with Gasteiger partial charge < -0.3 is 9.47 Å². The lowest BCUT2D eigenvalue weighted by Crippen LogP contribution is -2.05. The van der Waals surface area contributed by atoms with E-state index in [4.69, 9.17) is 9.47 Å². The van der Waals surface area contributed by atoms with Gasteiger partial charge in [0.05, 0.1) is 24.3 Å². The monoisotopic (exact) mass is 356 g/mol. The summed E-state index contributed by atoms with van der Waals surface area (Å²) in [7, 11) is 2.65. The summed E-state index contributed by atoms with van der Waals surface area (Å²) in [4.78, 5) is 12.5. The third-order valence-electron chi connectivity index (χ3n) is 2.90. The molecule has 0 aliphatic rings. The number of carbonyl (C=O) groups is 1. The molecule has 3 nitrogen and oxygen atoms in total. The Morgan fingerprint density at radius 2 is 1.67 bits per heavy atom. The van der Waals surface area contributed by atoms with Gasteiger partial charge in [-0.05, 0) is 40.2 Å². The molecule has 0 spiro atoms. The highest BCUT2D eigenvalue weighted by molar-refractivity contribution is 9.10. The van der Waals surface area contributed by atoms with Crippen LogP contribution in [0.4, 0.5) is 8.78 Å². The van der Waals surface area contributed by atoms with Gasteiger partial charge in [-0.1, -0.05) is 0 Å². The molecular formula is C15H11BrF2O3. The lowest BCUT2D eigenvalue weighted by molar-refractivity contribution is 0.103. The predicted octanol–water partition coefficient (Wildman–Crippen LogP) is 3.98. The summed E-state index contributed by atoms with van der Waals surface area (Å²) in [5.74, 6) is -1.47. The van der Waals surface area contributed by atoms with Gasteiger partial charge in [-0.3, -0.25) is 4.79 Å². The van der Waals surface area contributed by atoms with Crippen molar-refractivity contribution in [2.24, 2.45) is 0 Å². The van der Waals surface area contributed by atoms with Gasteiger partial charge in [0, 0.05) is 11.6 Å². The standard InChI is InChI=1S/C15H11BrF2O3/c1-20-13-7-12(18)10(16)6-9(13)15(19)8-3-4-11(17)14(5-8)21-2/h3-7H,1-2H3. The first kappa shape index (κ1) is 15.4. The molecule has 0 aromatic heterocycles. The average Bonchev–Trinajstić information content (AvgIpc) is 2.49. The van der Waals surface area contributed by atoms with Crippen molar-refractivity contribution in [3.8, 4) is 11.5 Å². The number of rotatable bonds is 4. The molecule has 2 rings (SSSR count). The van der Waals surface area contributed by atoms with Crippen molar-refractivity contribution in [2.75, 3.05) is 14.2 Å². The Kier molecular flexibility index (Phi) is 4.57. The normalized spacial score (nSPS) is 10.3. The van der Waals surface area contributed by atoms with E-state index in [1.807, 2.05) is 0 Å². The number of carbonyl (C=O) groups excluding carboxylic acids is 1. The Labute approximate surface area is 128 Å². The number of benzene rings is 2. The molecule has 21 heavy (non-hydrogen) atoms. The molecule has 0 unspecified atom stereocenters. The third kappa shape index (κ3) is 3.05.